The Kier molecular flexibility index (Phi) is 5.72. The Morgan fingerprint density at radius 3 is 2.80 bits per heavy atom. The zero-order valence-corrected chi connectivity index (χ0v) is 11.9. The maximum Gasteiger partial charge on any atom is 0.0222 e. The van der Waals surface area contributed by atoms with Gasteiger partial charge in [-0.25, -0.2) is 0 Å². The zero-order chi connectivity index (χ0) is 11.3. The van der Waals surface area contributed by atoms with Gasteiger partial charge >= 0.3 is 0 Å². The number of rotatable bonds is 5. The molecule has 1 atom stereocenters. The first-order chi connectivity index (χ1) is 7.13. The molecule has 0 amide bonds. The van der Waals surface area contributed by atoms with Gasteiger partial charge in [0.05, 0.1) is 0 Å². The number of halogens is 1. The predicted octanol–water partition coefficient (Wildman–Crippen LogP) is 3.60. The summed E-state index contributed by atoms with van der Waals surface area (Å²) in [5.41, 5.74) is 2.62. The number of aryl methyl sites for hydroxylation is 1. The molecule has 84 valence electrons. The molecule has 0 radical (unpaired) electrons. The summed E-state index contributed by atoms with van der Waals surface area (Å²) in [5.74, 6) is 0. The lowest BCUT2D eigenvalue weighted by molar-refractivity contribution is 0.683. The van der Waals surface area contributed by atoms with Crippen LogP contribution in [0, 0.1) is 6.92 Å². The number of hydrogen-bond acceptors (Lipinski definition) is 2. The first-order valence-electron chi connectivity index (χ1n) is 5.12. The third-order valence-corrected chi connectivity index (χ3v) is 4.07. The van der Waals surface area contributed by atoms with E-state index in [0.29, 0.717) is 5.25 Å². The number of hydrogen-bond donors (Lipinski definition) is 1. The molecule has 0 spiro atoms. The lowest BCUT2D eigenvalue weighted by Crippen LogP contribution is -2.22. The first kappa shape index (κ1) is 13.1. The van der Waals surface area contributed by atoms with Gasteiger partial charge in [-0.2, -0.15) is 11.8 Å². The van der Waals surface area contributed by atoms with Crippen LogP contribution in [0.3, 0.4) is 0 Å². The second-order valence-corrected chi connectivity index (χ2v) is 5.90. The van der Waals surface area contributed by atoms with Gasteiger partial charge in [0.2, 0.25) is 0 Å². The zero-order valence-electron chi connectivity index (χ0n) is 9.51. The molecule has 0 saturated carbocycles. The largest absolute Gasteiger partial charge is 0.312 e. The normalized spacial score (nSPS) is 12.8. The molecular formula is C12H18BrNS. The van der Waals surface area contributed by atoms with Gasteiger partial charge in [-0.05, 0) is 30.4 Å². The van der Waals surface area contributed by atoms with E-state index in [2.05, 4.69) is 59.5 Å². The molecule has 1 unspecified atom stereocenters. The summed E-state index contributed by atoms with van der Waals surface area (Å²) in [6.07, 6.45) is 2.15. The molecule has 0 fully saturated rings. The van der Waals surface area contributed by atoms with Gasteiger partial charge in [0.25, 0.3) is 0 Å². The van der Waals surface area contributed by atoms with Crippen LogP contribution in [0.5, 0.6) is 0 Å². The van der Waals surface area contributed by atoms with Crippen molar-refractivity contribution >= 4 is 27.7 Å². The molecule has 0 aromatic heterocycles. The third-order valence-electron chi connectivity index (χ3n) is 2.36. The summed E-state index contributed by atoms with van der Waals surface area (Å²) in [4.78, 5) is 0. The Morgan fingerprint density at radius 1 is 1.47 bits per heavy atom. The van der Waals surface area contributed by atoms with Crippen molar-refractivity contribution in [3.05, 3.63) is 33.8 Å². The van der Waals surface area contributed by atoms with Gasteiger partial charge in [-0.15, -0.1) is 0 Å². The lowest BCUT2D eigenvalue weighted by Gasteiger charge is -2.11. The highest BCUT2D eigenvalue weighted by atomic mass is 79.9. The van der Waals surface area contributed by atoms with Gasteiger partial charge in [0.1, 0.15) is 0 Å². The fourth-order valence-electron chi connectivity index (χ4n) is 1.29. The van der Waals surface area contributed by atoms with E-state index in [1.165, 1.54) is 15.6 Å². The topological polar surface area (TPSA) is 12.0 Å². The minimum atomic E-state index is 0.675. The van der Waals surface area contributed by atoms with E-state index >= 15 is 0 Å². The Labute approximate surface area is 105 Å². The SMILES string of the molecule is CSC(C)CNCc1ccc(C)cc1Br. The van der Waals surface area contributed by atoms with E-state index in [-0.39, 0.29) is 0 Å². The molecule has 1 N–H and O–H groups in total. The van der Waals surface area contributed by atoms with Crippen LogP contribution < -0.4 is 5.32 Å². The smallest absolute Gasteiger partial charge is 0.0222 e. The van der Waals surface area contributed by atoms with Crippen molar-refractivity contribution in [1.29, 1.82) is 0 Å². The summed E-state index contributed by atoms with van der Waals surface area (Å²) in [7, 11) is 0. The number of nitrogens with one attached hydrogen (secondary N) is 1. The van der Waals surface area contributed by atoms with E-state index in [0.717, 1.165) is 13.1 Å². The predicted molar refractivity (Wildman–Crippen MR) is 73.6 cm³/mol. The Balaban J connectivity index is 2.44. The van der Waals surface area contributed by atoms with Gasteiger partial charge in [-0.1, -0.05) is 35.0 Å². The molecule has 0 heterocycles. The fourth-order valence-corrected chi connectivity index (χ4v) is 2.21. The maximum absolute atomic E-state index is 3.59. The van der Waals surface area contributed by atoms with Crippen molar-refractivity contribution in [2.75, 3.05) is 12.8 Å². The molecule has 1 rings (SSSR count). The molecule has 0 aliphatic heterocycles. The number of thioether (sulfide) groups is 1. The second kappa shape index (κ2) is 6.56. The highest BCUT2D eigenvalue weighted by Crippen LogP contribution is 2.18. The van der Waals surface area contributed by atoms with E-state index < -0.39 is 0 Å². The van der Waals surface area contributed by atoms with Crippen LogP contribution in [0.4, 0.5) is 0 Å². The van der Waals surface area contributed by atoms with Gasteiger partial charge in [-0.3, -0.25) is 0 Å². The molecule has 0 saturated heterocycles. The van der Waals surface area contributed by atoms with Crippen LogP contribution in [0.25, 0.3) is 0 Å². The minimum Gasteiger partial charge on any atom is -0.312 e. The monoisotopic (exact) mass is 287 g/mol. The first-order valence-corrected chi connectivity index (χ1v) is 7.20. The quantitative estimate of drug-likeness (QED) is 0.888. The lowest BCUT2D eigenvalue weighted by atomic mass is 10.1. The Bertz CT molecular complexity index is 314. The van der Waals surface area contributed by atoms with Crippen molar-refractivity contribution in [3.63, 3.8) is 0 Å². The van der Waals surface area contributed by atoms with Crippen molar-refractivity contribution in [3.8, 4) is 0 Å². The van der Waals surface area contributed by atoms with Crippen molar-refractivity contribution in [2.24, 2.45) is 0 Å². The molecule has 0 bridgehead atoms. The standard InChI is InChI=1S/C12H18BrNS/c1-9-4-5-11(12(13)6-9)8-14-7-10(2)15-3/h4-6,10,14H,7-8H2,1-3H3. The Morgan fingerprint density at radius 2 is 2.20 bits per heavy atom. The Hall–Kier alpha value is 0.01000. The van der Waals surface area contributed by atoms with Crippen molar-refractivity contribution in [1.82, 2.24) is 5.32 Å². The van der Waals surface area contributed by atoms with Crippen molar-refractivity contribution in [2.45, 2.75) is 25.6 Å². The van der Waals surface area contributed by atoms with E-state index in [1.54, 1.807) is 0 Å². The molecular weight excluding hydrogens is 270 g/mol. The molecule has 1 nitrogen and oxygen atoms in total. The van der Waals surface area contributed by atoms with Crippen LogP contribution in [-0.4, -0.2) is 18.1 Å². The van der Waals surface area contributed by atoms with E-state index in [4.69, 9.17) is 0 Å². The second-order valence-electron chi connectivity index (χ2n) is 3.77. The van der Waals surface area contributed by atoms with Gasteiger partial charge < -0.3 is 5.32 Å². The fraction of sp³-hybridized carbons (Fsp3) is 0.500. The number of benzene rings is 1. The molecule has 1 aromatic carbocycles. The molecule has 0 aliphatic carbocycles. The van der Waals surface area contributed by atoms with Crippen LogP contribution in [0.15, 0.2) is 22.7 Å². The molecule has 3 heteroatoms. The summed E-state index contributed by atoms with van der Waals surface area (Å²) in [6.45, 7) is 6.34. The summed E-state index contributed by atoms with van der Waals surface area (Å²) < 4.78 is 1.20. The summed E-state index contributed by atoms with van der Waals surface area (Å²) in [6, 6.07) is 6.49. The van der Waals surface area contributed by atoms with Crippen LogP contribution in [-0.2, 0) is 6.54 Å². The minimum absolute atomic E-state index is 0.675. The average Bonchev–Trinajstić information content (AvgIpc) is 2.21. The van der Waals surface area contributed by atoms with Gasteiger partial charge in [0, 0.05) is 22.8 Å². The van der Waals surface area contributed by atoms with Crippen molar-refractivity contribution < 1.29 is 0 Å². The summed E-state index contributed by atoms with van der Waals surface area (Å²) in [5, 5.41) is 4.14. The summed E-state index contributed by atoms with van der Waals surface area (Å²) >= 11 is 5.48. The average molecular weight is 288 g/mol. The molecule has 0 aliphatic rings. The van der Waals surface area contributed by atoms with Crippen LogP contribution in [0.2, 0.25) is 0 Å². The van der Waals surface area contributed by atoms with Crippen LogP contribution >= 0.6 is 27.7 Å². The third kappa shape index (κ3) is 4.58. The highest BCUT2D eigenvalue weighted by Gasteiger charge is 2.01. The highest BCUT2D eigenvalue weighted by molar-refractivity contribution is 9.10. The van der Waals surface area contributed by atoms with E-state index in [9.17, 15) is 0 Å². The molecule has 1 aromatic rings. The molecule has 15 heavy (non-hydrogen) atoms. The van der Waals surface area contributed by atoms with Gasteiger partial charge in [0.15, 0.2) is 0 Å². The van der Waals surface area contributed by atoms with E-state index in [1.807, 2.05) is 11.8 Å². The van der Waals surface area contributed by atoms with Crippen LogP contribution in [0.1, 0.15) is 18.1 Å². The maximum atomic E-state index is 3.59.